The van der Waals surface area contributed by atoms with Crippen molar-refractivity contribution in [2.24, 2.45) is 0 Å². The van der Waals surface area contributed by atoms with E-state index in [1.807, 2.05) is 0 Å². The first-order valence-corrected chi connectivity index (χ1v) is 3.97. The van der Waals surface area contributed by atoms with E-state index in [2.05, 4.69) is 0 Å². The van der Waals surface area contributed by atoms with Crippen molar-refractivity contribution in [1.29, 1.82) is 0 Å². The lowest BCUT2D eigenvalue weighted by molar-refractivity contribution is 0.0430. The van der Waals surface area contributed by atoms with E-state index in [9.17, 15) is 5.11 Å². The molecule has 11 heavy (non-hydrogen) atoms. The van der Waals surface area contributed by atoms with Gasteiger partial charge in [-0.3, -0.25) is 0 Å². The van der Waals surface area contributed by atoms with E-state index in [0.717, 1.165) is 0 Å². The highest BCUT2D eigenvalue weighted by Gasteiger charge is 2.14. The summed E-state index contributed by atoms with van der Waals surface area (Å²) in [5, 5.41) is 26.8. The molecule has 0 heterocycles. The molecular formula is C8H18O3. The van der Waals surface area contributed by atoms with Gasteiger partial charge in [0.05, 0.1) is 11.7 Å². The van der Waals surface area contributed by atoms with Gasteiger partial charge in [-0.2, -0.15) is 0 Å². The standard InChI is InChI=1S/C8H18O3/c1-8(2,11)5-3-7(10)4-6-9/h7,9-11H,3-6H2,1-2H3. The van der Waals surface area contributed by atoms with Crippen LogP contribution in [0.1, 0.15) is 33.1 Å². The number of aliphatic hydroxyl groups is 3. The SMILES string of the molecule is CC(C)(O)CCC(O)CCO. The number of hydrogen-bond donors (Lipinski definition) is 3. The zero-order valence-corrected chi connectivity index (χ0v) is 7.25. The third kappa shape index (κ3) is 7.78. The molecule has 1 unspecified atom stereocenters. The lowest BCUT2D eigenvalue weighted by Gasteiger charge is -2.18. The van der Waals surface area contributed by atoms with Crippen LogP contribution in [0.4, 0.5) is 0 Å². The van der Waals surface area contributed by atoms with Crippen molar-refractivity contribution in [1.82, 2.24) is 0 Å². The molecular weight excluding hydrogens is 144 g/mol. The zero-order valence-electron chi connectivity index (χ0n) is 7.25. The summed E-state index contributed by atoms with van der Waals surface area (Å²) < 4.78 is 0. The van der Waals surface area contributed by atoms with Crippen LogP contribution in [0.15, 0.2) is 0 Å². The molecule has 3 N–H and O–H groups in total. The molecule has 0 aromatic carbocycles. The van der Waals surface area contributed by atoms with Gasteiger partial charge < -0.3 is 15.3 Å². The van der Waals surface area contributed by atoms with Crippen molar-refractivity contribution in [3.05, 3.63) is 0 Å². The normalized spacial score (nSPS) is 15.0. The van der Waals surface area contributed by atoms with Gasteiger partial charge in [0.2, 0.25) is 0 Å². The number of rotatable bonds is 5. The summed E-state index contributed by atoms with van der Waals surface area (Å²) in [5.74, 6) is 0. The van der Waals surface area contributed by atoms with Gasteiger partial charge in [-0.05, 0) is 33.1 Å². The molecule has 0 amide bonds. The van der Waals surface area contributed by atoms with Crippen LogP contribution in [0, 0.1) is 0 Å². The molecule has 68 valence electrons. The Bertz CT molecular complexity index is 96.0. The first-order valence-electron chi connectivity index (χ1n) is 3.97. The molecule has 0 radical (unpaired) electrons. The molecule has 0 rings (SSSR count). The highest BCUT2D eigenvalue weighted by Crippen LogP contribution is 2.13. The topological polar surface area (TPSA) is 60.7 Å². The number of aliphatic hydroxyl groups excluding tert-OH is 2. The molecule has 0 aliphatic heterocycles. The van der Waals surface area contributed by atoms with Crippen molar-refractivity contribution in [3.63, 3.8) is 0 Å². The molecule has 0 aromatic heterocycles. The van der Waals surface area contributed by atoms with Crippen molar-refractivity contribution in [3.8, 4) is 0 Å². The first kappa shape index (κ1) is 10.9. The predicted octanol–water partition coefficient (Wildman–Crippen LogP) is 0.281. The van der Waals surface area contributed by atoms with Crippen molar-refractivity contribution in [2.75, 3.05) is 6.61 Å². The van der Waals surface area contributed by atoms with E-state index in [4.69, 9.17) is 10.2 Å². The third-order valence-corrected chi connectivity index (χ3v) is 1.55. The Labute approximate surface area is 67.7 Å². The maximum absolute atomic E-state index is 9.26. The Balaban J connectivity index is 3.38. The van der Waals surface area contributed by atoms with Crippen LogP contribution in [-0.4, -0.2) is 33.6 Å². The molecule has 3 heteroatoms. The lowest BCUT2D eigenvalue weighted by atomic mass is 9.99. The van der Waals surface area contributed by atoms with E-state index >= 15 is 0 Å². The Morgan fingerprint density at radius 2 is 1.82 bits per heavy atom. The maximum Gasteiger partial charge on any atom is 0.0592 e. The Morgan fingerprint density at radius 3 is 2.18 bits per heavy atom. The second kappa shape index (κ2) is 4.70. The minimum absolute atomic E-state index is 0.00697. The van der Waals surface area contributed by atoms with Gasteiger partial charge in [0, 0.05) is 6.61 Å². The molecule has 0 saturated carbocycles. The summed E-state index contributed by atoms with van der Waals surface area (Å²) in [6.07, 6.45) is 1.03. The fourth-order valence-corrected chi connectivity index (χ4v) is 0.813. The summed E-state index contributed by atoms with van der Waals surface area (Å²) in [6, 6.07) is 0. The summed E-state index contributed by atoms with van der Waals surface area (Å²) in [7, 11) is 0. The minimum Gasteiger partial charge on any atom is -0.396 e. The first-order chi connectivity index (χ1) is 4.95. The van der Waals surface area contributed by atoms with Gasteiger partial charge in [-0.15, -0.1) is 0 Å². The van der Waals surface area contributed by atoms with Crippen LogP contribution >= 0.6 is 0 Å². The number of hydrogen-bond acceptors (Lipinski definition) is 3. The Morgan fingerprint density at radius 1 is 1.27 bits per heavy atom. The van der Waals surface area contributed by atoms with E-state index in [1.54, 1.807) is 13.8 Å². The summed E-state index contributed by atoms with van der Waals surface area (Å²) in [6.45, 7) is 3.42. The van der Waals surface area contributed by atoms with Crippen molar-refractivity contribution >= 4 is 0 Å². The van der Waals surface area contributed by atoms with Gasteiger partial charge in [-0.1, -0.05) is 0 Å². The average Bonchev–Trinajstić information content (AvgIpc) is 1.83. The fraction of sp³-hybridized carbons (Fsp3) is 1.00. The molecule has 0 spiro atoms. The van der Waals surface area contributed by atoms with E-state index in [1.165, 1.54) is 0 Å². The molecule has 0 aliphatic carbocycles. The quantitative estimate of drug-likeness (QED) is 0.544. The minimum atomic E-state index is -0.712. The van der Waals surface area contributed by atoms with Crippen molar-refractivity contribution < 1.29 is 15.3 Å². The third-order valence-electron chi connectivity index (χ3n) is 1.55. The largest absolute Gasteiger partial charge is 0.396 e. The van der Waals surface area contributed by atoms with Gasteiger partial charge in [-0.25, -0.2) is 0 Å². The van der Waals surface area contributed by atoms with E-state index < -0.39 is 11.7 Å². The molecule has 0 fully saturated rings. The molecule has 3 nitrogen and oxygen atoms in total. The van der Waals surface area contributed by atoms with Gasteiger partial charge in [0.25, 0.3) is 0 Å². The molecule has 0 aromatic rings. The lowest BCUT2D eigenvalue weighted by Crippen LogP contribution is -2.21. The monoisotopic (exact) mass is 162 g/mol. The van der Waals surface area contributed by atoms with Crippen LogP contribution in [0.5, 0.6) is 0 Å². The Kier molecular flexibility index (Phi) is 4.65. The summed E-state index contributed by atoms with van der Waals surface area (Å²) in [4.78, 5) is 0. The van der Waals surface area contributed by atoms with E-state index in [-0.39, 0.29) is 6.61 Å². The van der Waals surface area contributed by atoms with Gasteiger partial charge >= 0.3 is 0 Å². The van der Waals surface area contributed by atoms with Gasteiger partial charge in [0.15, 0.2) is 0 Å². The second-order valence-corrected chi connectivity index (χ2v) is 3.52. The molecule has 0 saturated heterocycles. The van der Waals surface area contributed by atoms with Crippen LogP contribution in [0.3, 0.4) is 0 Å². The maximum atomic E-state index is 9.26. The smallest absolute Gasteiger partial charge is 0.0592 e. The van der Waals surface area contributed by atoms with Crippen LogP contribution < -0.4 is 0 Å². The van der Waals surface area contributed by atoms with Crippen LogP contribution in [0.25, 0.3) is 0 Å². The fourth-order valence-electron chi connectivity index (χ4n) is 0.813. The molecule has 0 aliphatic rings. The second-order valence-electron chi connectivity index (χ2n) is 3.52. The van der Waals surface area contributed by atoms with Gasteiger partial charge in [0.1, 0.15) is 0 Å². The molecule has 0 bridgehead atoms. The predicted molar refractivity (Wildman–Crippen MR) is 43.2 cm³/mol. The summed E-state index contributed by atoms with van der Waals surface area (Å²) >= 11 is 0. The van der Waals surface area contributed by atoms with Crippen molar-refractivity contribution in [2.45, 2.75) is 44.8 Å². The van der Waals surface area contributed by atoms with Crippen LogP contribution in [0.2, 0.25) is 0 Å². The Hall–Kier alpha value is -0.120. The average molecular weight is 162 g/mol. The zero-order chi connectivity index (χ0) is 8.91. The highest BCUT2D eigenvalue weighted by molar-refractivity contribution is 4.67. The highest BCUT2D eigenvalue weighted by atomic mass is 16.3. The molecule has 1 atom stereocenters. The summed E-state index contributed by atoms with van der Waals surface area (Å²) in [5.41, 5.74) is -0.712. The van der Waals surface area contributed by atoms with E-state index in [0.29, 0.717) is 19.3 Å². The van der Waals surface area contributed by atoms with Crippen LogP contribution in [-0.2, 0) is 0 Å².